The molecule has 2 aromatic carbocycles. The highest BCUT2D eigenvalue weighted by Gasteiger charge is 2.23. The Kier molecular flexibility index (Phi) is 7.00. The van der Waals surface area contributed by atoms with Crippen LogP contribution >= 0.6 is 0 Å². The molecule has 28 heavy (non-hydrogen) atoms. The molecule has 0 atom stereocenters. The van der Waals surface area contributed by atoms with E-state index in [1.807, 2.05) is 18.2 Å². The Balaban J connectivity index is 2.09. The van der Waals surface area contributed by atoms with Crippen molar-refractivity contribution in [3.05, 3.63) is 53.1 Å². The van der Waals surface area contributed by atoms with E-state index in [1.54, 1.807) is 7.11 Å². The number of hydrogen-bond acceptors (Lipinski definition) is 4. The molecule has 0 heterocycles. The summed E-state index contributed by atoms with van der Waals surface area (Å²) < 4.78 is 17.3. The summed E-state index contributed by atoms with van der Waals surface area (Å²) in [6.07, 6.45) is 0. The molecule has 0 fully saturated rings. The van der Waals surface area contributed by atoms with Crippen LogP contribution in [0.15, 0.2) is 36.4 Å². The van der Waals surface area contributed by atoms with E-state index in [-0.39, 0.29) is 10.8 Å². The molecular formula is C24H35NO3. The summed E-state index contributed by atoms with van der Waals surface area (Å²) in [5, 5.41) is 0. The van der Waals surface area contributed by atoms with E-state index in [0.717, 1.165) is 11.3 Å². The summed E-state index contributed by atoms with van der Waals surface area (Å²) in [6, 6.07) is 12.2. The Morgan fingerprint density at radius 2 is 1.36 bits per heavy atom. The molecule has 0 saturated heterocycles. The molecule has 0 aromatic heterocycles. The molecule has 4 nitrogen and oxygen atoms in total. The molecule has 0 aliphatic heterocycles. The third-order valence-corrected chi connectivity index (χ3v) is 4.72. The van der Waals surface area contributed by atoms with Crippen molar-refractivity contribution in [3.8, 4) is 17.2 Å². The molecule has 0 saturated carbocycles. The molecule has 0 spiro atoms. The monoisotopic (exact) mass is 385 g/mol. The average Bonchev–Trinajstić information content (AvgIpc) is 2.63. The third-order valence-electron chi connectivity index (χ3n) is 4.72. The van der Waals surface area contributed by atoms with E-state index in [1.165, 1.54) is 11.1 Å². The maximum atomic E-state index is 6.09. The van der Waals surface area contributed by atoms with Gasteiger partial charge in [-0.1, -0.05) is 59.7 Å². The minimum Gasteiger partial charge on any atom is -0.493 e. The molecule has 0 unspecified atom stereocenters. The summed E-state index contributed by atoms with van der Waals surface area (Å²) in [6.45, 7) is 14.7. The minimum absolute atomic E-state index is 0.00384. The molecule has 2 aromatic rings. The maximum Gasteiger partial charge on any atom is 0.161 e. The molecule has 2 N–H and O–H groups in total. The predicted molar refractivity (Wildman–Crippen MR) is 116 cm³/mol. The molecule has 0 amide bonds. The van der Waals surface area contributed by atoms with Crippen molar-refractivity contribution >= 4 is 0 Å². The third kappa shape index (κ3) is 5.65. The van der Waals surface area contributed by atoms with Crippen LogP contribution in [0.1, 0.15) is 58.2 Å². The van der Waals surface area contributed by atoms with Crippen molar-refractivity contribution in [2.75, 3.05) is 20.3 Å². The van der Waals surface area contributed by atoms with Crippen molar-refractivity contribution in [1.29, 1.82) is 0 Å². The van der Waals surface area contributed by atoms with Crippen molar-refractivity contribution < 1.29 is 14.2 Å². The fourth-order valence-electron chi connectivity index (χ4n) is 2.97. The van der Waals surface area contributed by atoms with Crippen LogP contribution in [-0.2, 0) is 17.4 Å². The second-order valence-electron chi connectivity index (χ2n) is 9.10. The summed E-state index contributed by atoms with van der Waals surface area (Å²) in [5.41, 5.74) is 9.34. The Morgan fingerprint density at radius 3 is 1.89 bits per heavy atom. The second-order valence-corrected chi connectivity index (χ2v) is 9.10. The standard InChI is InChI=1S/C24H35NO3/c1-23(2,3)18-9-11-20(19(15-18)24(4,5)6)27-12-13-28-22-14-17(16-25)8-10-21(22)26-7/h8-11,14-15H,12-13,16,25H2,1-7H3. The van der Waals surface area contributed by atoms with Gasteiger partial charge in [0.25, 0.3) is 0 Å². The lowest BCUT2D eigenvalue weighted by molar-refractivity contribution is 0.208. The number of methoxy groups -OCH3 is 1. The number of nitrogens with two attached hydrogens (primary N) is 1. The SMILES string of the molecule is COc1ccc(CN)cc1OCCOc1ccc(C(C)(C)C)cc1C(C)(C)C. The Morgan fingerprint density at radius 1 is 0.750 bits per heavy atom. The summed E-state index contributed by atoms with van der Waals surface area (Å²) in [7, 11) is 1.63. The zero-order valence-corrected chi connectivity index (χ0v) is 18.4. The van der Waals surface area contributed by atoms with Crippen LogP contribution in [0.2, 0.25) is 0 Å². The number of rotatable bonds is 7. The highest BCUT2D eigenvalue weighted by Crippen LogP contribution is 2.35. The van der Waals surface area contributed by atoms with Crippen LogP contribution in [0.5, 0.6) is 17.2 Å². The second kappa shape index (κ2) is 8.87. The van der Waals surface area contributed by atoms with Crippen LogP contribution in [0.25, 0.3) is 0 Å². The molecule has 0 radical (unpaired) electrons. The van der Waals surface area contributed by atoms with E-state index >= 15 is 0 Å². The van der Waals surface area contributed by atoms with E-state index in [9.17, 15) is 0 Å². The van der Waals surface area contributed by atoms with Gasteiger partial charge in [-0.25, -0.2) is 0 Å². The van der Waals surface area contributed by atoms with Crippen LogP contribution in [0.4, 0.5) is 0 Å². The Bertz CT molecular complexity index is 785. The van der Waals surface area contributed by atoms with Crippen LogP contribution in [0.3, 0.4) is 0 Å². The Hall–Kier alpha value is -2.20. The van der Waals surface area contributed by atoms with Gasteiger partial charge in [0.1, 0.15) is 19.0 Å². The molecule has 4 heteroatoms. The first-order chi connectivity index (χ1) is 13.1. The highest BCUT2D eigenvalue weighted by molar-refractivity contribution is 5.44. The van der Waals surface area contributed by atoms with Gasteiger partial charge in [0.2, 0.25) is 0 Å². The van der Waals surface area contributed by atoms with Crippen LogP contribution in [-0.4, -0.2) is 20.3 Å². The van der Waals surface area contributed by atoms with Gasteiger partial charge in [0, 0.05) is 6.54 Å². The van der Waals surface area contributed by atoms with Crippen LogP contribution < -0.4 is 19.9 Å². The van der Waals surface area contributed by atoms with Gasteiger partial charge in [0.15, 0.2) is 11.5 Å². The normalized spacial score (nSPS) is 12.0. The van der Waals surface area contributed by atoms with Crippen LogP contribution in [0, 0.1) is 0 Å². The van der Waals surface area contributed by atoms with Gasteiger partial charge < -0.3 is 19.9 Å². The van der Waals surface area contributed by atoms with E-state index < -0.39 is 0 Å². The Labute approximate surface area is 170 Å². The van der Waals surface area contributed by atoms with Gasteiger partial charge in [-0.15, -0.1) is 0 Å². The fraction of sp³-hybridized carbons (Fsp3) is 0.500. The van der Waals surface area contributed by atoms with Gasteiger partial charge >= 0.3 is 0 Å². The maximum absolute atomic E-state index is 6.09. The van der Waals surface area contributed by atoms with Gasteiger partial charge in [-0.2, -0.15) is 0 Å². The lowest BCUT2D eigenvalue weighted by Gasteiger charge is -2.27. The molecule has 0 aliphatic carbocycles. The topological polar surface area (TPSA) is 53.7 Å². The lowest BCUT2D eigenvalue weighted by atomic mass is 9.80. The summed E-state index contributed by atoms with van der Waals surface area (Å²) in [5.74, 6) is 2.29. The zero-order valence-electron chi connectivity index (χ0n) is 18.4. The van der Waals surface area contributed by atoms with Crippen molar-refractivity contribution in [3.63, 3.8) is 0 Å². The van der Waals surface area contributed by atoms with Gasteiger partial charge in [-0.05, 0) is 45.7 Å². The van der Waals surface area contributed by atoms with E-state index in [4.69, 9.17) is 19.9 Å². The first-order valence-corrected chi connectivity index (χ1v) is 9.84. The predicted octanol–water partition coefficient (Wildman–Crippen LogP) is 5.21. The lowest BCUT2D eigenvalue weighted by Crippen LogP contribution is -2.19. The first kappa shape index (κ1) is 22.1. The molecule has 0 bridgehead atoms. The molecular weight excluding hydrogens is 350 g/mol. The van der Waals surface area contributed by atoms with Crippen molar-refractivity contribution in [1.82, 2.24) is 0 Å². The van der Waals surface area contributed by atoms with Crippen molar-refractivity contribution in [2.24, 2.45) is 5.73 Å². The zero-order chi connectivity index (χ0) is 20.9. The largest absolute Gasteiger partial charge is 0.493 e. The molecule has 154 valence electrons. The van der Waals surface area contributed by atoms with Gasteiger partial charge in [-0.3, -0.25) is 0 Å². The number of hydrogen-bond donors (Lipinski definition) is 1. The fourth-order valence-corrected chi connectivity index (χ4v) is 2.97. The average molecular weight is 386 g/mol. The smallest absolute Gasteiger partial charge is 0.161 e. The summed E-state index contributed by atoms with van der Waals surface area (Å²) in [4.78, 5) is 0. The molecule has 0 aliphatic rings. The number of ether oxygens (including phenoxy) is 3. The van der Waals surface area contributed by atoms with E-state index in [0.29, 0.717) is 31.3 Å². The number of benzene rings is 2. The summed E-state index contributed by atoms with van der Waals surface area (Å²) >= 11 is 0. The van der Waals surface area contributed by atoms with Gasteiger partial charge in [0.05, 0.1) is 7.11 Å². The molecule has 2 rings (SSSR count). The minimum atomic E-state index is -0.00384. The first-order valence-electron chi connectivity index (χ1n) is 9.84. The highest BCUT2D eigenvalue weighted by atomic mass is 16.5. The van der Waals surface area contributed by atoms with E-state index in [2.05, 4.69) is 59.7 Å². The quantitative estimate of drug-likeness (QED) is 0.665. The van der Waals surface area contributed by atoms with Crippen molar-refractivity contribution in [2.45, 2.75) is 58.9 Å².